The number of likely N-dealkylation sites (tertiary alicyclic amines) is 1. The first-order valence-electron chi connectivity index (χ1n) is 13.8. The Hall–Kier alpha value is -3.47. The topological polar surface area (TPSA) is 158 Å². The van der Waals surface area contributed by atoms with Crippen molar-refractivity contribution >= 4 is 39.8 Å². The van der Waals surface area contributed by atoms with Crippen LogP contribution in [0.25, 0.3) is 10.8 Å². The van der Waals surface area contributed by atoms with E-state index in [1.165, 1.54) is 4.90 Å². The molecular weight excluding hydrogens is 514 g/mol. The van der Waals surface area contributed by atoms with E-state index >= 15 is 0 Å². The van der Waals surface area contributed by atoms with E-state index in [0.717, 1.165) is 43.4 Å². The lowest BCUT2D eigenvalue weighted by Gasteiger charge is -2.52. The zero-order valence-corrected chi connectivity index (χ0v) is 22.6. The average Bonchev–Trinajstić information content (AvgIpc) is 3.39. The highest BCUT2D eigenvalue weighted by Gasteiger charge is 2.69. The standard InChI is InChI=1S/C30H33N3O7/c1-32(2)23-19-12-17-11-16-10-15-6-5-14(13-33-7-3-4-8-33)9-18(15)24(34)20(16)25(35)21(17)27(37)30(19,40)28(38)22(26(23)36)29(31)39/h5-6,9-10,17,19,21-23,34,40H,3-4,7-8,11-13H2,1-2H3,(H2,31,39)/t17-,19-,21?,22?,23-,30-/m0/s1. The number of hydrogen-bond donors (Lipinski definition) is 3. The largest absolute Gasteiger partial charge is 0.507 e. The van der Waals surface area contributed by atoms with Crippen LogP contribution >= 0.6 is 0 Å². The first-order valence-corrected chi connectivity index (χ1v) is 13.8. The lowest BCUT2D eigenvalue weighted by atomic mass is 9.52. The third kappa shape index (κ3) is 3.69. The van der Waals surface area contributed by atoms with Gasteiger partial charge in [-0.1, -0.05) is 18.2 Å². The maximum absolute atomic E-state index is 14.0. The summed E-state index contributed by atoms with van der Waals surface area (Å²) < 4.78 is 0. The summed E-state index contributed by atoms with van der Waals surface area (Å²) in [5.41, 5.74) is 4.27. The zero-order chi connectivity index (χ0) is 28.7. The molecule has 210 valence electrons. The van der Waals surface area contributed by atoms with Crippen molar-refractivity contribution in [1.82, 2.24) is 9.80 Å². The number of phenolic OH excluding ortho intramolecular Hbond substituents is 1. The summed E-state index contributed by atoms with van der Waals surface area (Å²) in [6.07, 6.45) is 2.59. The van der Waals surface area contributed by atoms with E-state index in [1.54, 1.807) is 14.1 Å². The fraction of sp³-hybridized carbons (Fsp3) is 0.500. The number of fused-ring (bicyclic) bond motifs is 4. The highest BCUT2D eigenvalue weighted by Crippen LogP contribution is 2.51. The number of phenols is 1. The van der Waals surface area contributed by atoms with Crippen LogP contribution in [0.5, 0.6) is 5.75 Å². The van der Waals surface area contributed by atoms with Crippen LogP contribution < -0.4 is 5.73 Å². The molecule has 0 spiro atoms. The van der Waals surface area contributed by atoms with Crippen LogP contribution in [0.15, 0.2) is 24.3 Å². The quantitative estimate of drug-likeness (QED) is 0.467. The highest BCUT2D eigenvalue weighted by molar-refractivity contribution is 6.32. The summed E-state index contributed by atoms with van der Waals surface area (Å²) in [6, 6.07) is 6.55. The maximum atomic E-state index is 14.0. The van der Waals surface area contributed by atoms with Crippen LogP contribution in [0.3, 0.4) is 0 Å². The minimum absolute atomic E-state index is 0.0254. The van der Waals surface area contributed by atoms with Gasteiger partial charge in [-0.3, -0.25) is 33.8 Å². The van der Waals surface area contributed by atoms with Crippen LogP contribution in [0.2, 0.25) is 0 Å². The molecule has 0 aromatic heterocycles. The predicted octanol–water partition coefficient (Wildman–Crippen LogP) is 0.616. The Morgan fingerprint density at radius 2 is 1.80 bits per heavy atom. The number of ketones is 4. The average molecular weight is 548 g/mol. The van der Waals surface area contributed by atoms with Gasteiger partial charge < -0.3 is 15.9 Å². The normalized spacial score (nSPS) is 32.4. The van der Waals surface area contributed by atoms with E-state index in [9.17, 15) is 34.2 Å². The number of carbonyl (C=O) groups is 5. The second kappa shape index (κ2) is 9.29. The van der Waals surface area contributed by atoms with Crippen molar-refractivity contribution in [2.45, 2.75) is 43.9 Å². The van der Waals surface area contributed by atoms with Crippen molar-refractivity contribution in [3.63, 3.8) is 0 Å². The van der Waals surface area contributed by atoms with E-state index in [4.69, 9.17) is 5.73 Å². The Kier molecular flexibility index (Phi) is 6.21. The molecule has 6 atom stereocenters. The molecule has 1 saturated heterocycles. The predicted molar refractivity (Wildman–Crippen MR) is 143 cm³/mol. The van der Waals surface area contributed by atoms with Gasteiger partial charge in [-0.05, 0) is 81.4 Å². The van der Waals surface area contributed by atoms with Gasteiger partial charge in [0, 0.05) is 17.8 Å². The van der Waals surface area contributed by atoms with Crippen LogP contribution in [0.1, 0.15) is 40.7 Å². The molecule has 1 heterocycles. The molecular formula is C30H33N3O7. The van der Waals surface area contributed by atoms with Gasteiger partial charge in [-0.15, -0.1) is 0 Å². The first kappa shape index (κ1) is 26.7. The molecule has 3 aliphatic carbocycles. The zero-order valence-electron chi connectivity index (χ0n) is 22.6. The molecule has 2 aromatic rings. The summed E-state index contributed by atoms with van der Waals surface area (Å²) in [7, 11) is 3.13. The Balaban J connectivity index is 1.42. The van der Waals surface area contributed by atoms with Gasteiger partial charge >= 0.3 is 0 Å². The summed E-state index contributed by atoms with van der Waals surface area (Å²) in [4.78, 5) is 70.4. The summed E-state index contributed by atoms with van der Waals surface area (Å²) in [6.45, 7) is 2.75. The number of rotatable bonds is 4. The molecule has 40 heavy (non-hydrogen) atoms. The Bertz CT molecular complexity index is 1490. The van der Waals surface area contributed by atoms with E-state index in [2.05, 4.69) is 4.90 Å². The molecule has 2 unspecified atom stereocenters. The molecule has 1 amide bonds. The van der Waals surface area contributed by atoms with Gasteiger partial charge in [-0.2, -0.15) is 0 Å². The molecule has 0 radical (unpaired) electrons. The van der Waals surface area contributed by atoms with Crippen LogP contribution in [0, 0.1) is 23.7 Å². The number of aromatic hydroxyl groups is 1. The second-order valence-electron chi connectivity index (χ2n) is 12.1. The number of nitrogens with zero attached hydrogens (tertiary/aromatic N) is 2. The second-order valence-corrected chi connectivity index (χ2v) is 12.1. The molecule has 1 aliphatic heterocycles. The molecule has 2 saturated carbocycles. The van der Waals surface area contributed by atoms with Gasteiger partial charge in [0.15, 0.2) is 34.7 Å². The van der Waals surface area contributed by atoms with E-state index < -0.39 is 64.4 Å². The number of likely N-dealkylation sites (N-methyl/N-ethyl adjacent to an activating group) is 1. The lowest BCUT2D eigenvalue weighted by Crippen LogP contribution is -2.74. The van der Waals surface area contributed by atoms with Gasteiger partial charge in [0.05, 0.1) is 17.5 Å². The van der Waals surface area contributed by atoms with Gasteiger partial charge in [0.25, 0.3) is 0 Å². The summed E-state index contributed by atoms with van der Waals surface area (Å²) in [5.74, 6) is -10.2. The molecule has 4 aliphatic rings. The first-order chi connectivity index (χ1) is 18.9. The smallest absolute Gasteiger partial charge is 0.235 e. The number of nitrogens with two attached hydrogens (primary N) is 1. The van der Waals surface area contributed by atoms with E-state index in [-0.39, 0.29) is 24.2 Å². The number of primary amides is 1. The van der Waals surface area contributed by atoms with Crippen LogP contribution in [-0.4, -0.2) is 87.9 Å². The van der Waals surface area contributed by atoms with Crippen molar-refractivity contribution in [3.8, 4) is 5.75 Å². The monoisotopic (exact) mass is 547 g/mol. The molecule has 10 heteroatoms. The van der Waals surface area contributed by atoms with Gasteiger partial charge in [-0.25, -0.2) is 0 Å². The number of amides is 1. The van der Waals surface area contributed by atoms with Gasteiger partial charge in [0.1, 0.15) is 5.75 Å². The minimum Gasteiger partial charge on any atom is -0.507 e. The van der Waals surface area contributed by atoms with Crippen molar-refractivity contribution in [1.29, 1.82) is 0 Å². The van der Waals surface area contributed by atoms with Crippen molar-refractivity contribution < 1.29 is 34.2 Å². The molecule has 0 bridgehead atoms. The molecule has 2 aromatic carbocycles. The Labute approximate surface area is 231 Å². The number of carbonyl (C=O) groups excluding carboxylic acids is 5. The lowest BCUT2D eigenvalue weighted by molar-refractivity contribution is -0.181. The van der Waals surface area contributed by atoms with Crippen molar-refractivity contribution in [2.75, 3.05) is 27.2 Å². The van der Waals surface area contributed by atoms with Crippen LogP contribution in [0.4, 0.5) is 0 Å². The van der Waals surface area contributed by atoms with Crippen LogP contribution in [-0.2, 0) is 32.1 Å². The minimum atomic E-state index is -2.72. The van der Waals surface area contributed by atoms with Crippen molar-refractivity contribution in [3.05, 3.63) is 41.0 Å². The Morgan fingerprint density at radius 1 is 1.10 bits per heavy atom. The number of Topliss-reactive ketones (excluding diaryl/α,β-unsaturated/α-hetero) is 4. The number of aliphatic hydroxyl groups is 1. The number of benzene rings is 2. The molecule has 4 N–H and O–H groups in total. The third-order valence-corrected chi connectivity index (χ3v) is 9.53. The van der Waals surface area contributed by atoms with Gasteiger partial charge in [0.2, 0.25) is 5.91 Å². The third-order valence-electron chi connectivity index (χ3n) is 9.53. The fourth-order valence-electron chi connectivity index (χ4n) is 7.72. The molecule has 3 fully saturated rings. The molecule has 6 rings (SSSR count). The summed E-state index contributed by atoms with van der Waals surface area (Å²) in [5, 5.41) is 24.3. The number of hydrogen-bond acceptors (Lipinski definition) is 9. The van der Waals surface area contributed by atoms with E-state index in [0.29, 0.717) is 10.9 Å². The Morgan fingerprint density at radius 3 is 2.45 bits per heavy atom. The fourth-order valence-corrected chi connectivity index (χ4v) is 7.72. The summed E-state index contributed by atoms with van der Waals surface area (Å²) >= 11 is 0. The maximum Gasteiger partial charge on any atom is 0.235 e. The van der Waals surface area contributed by atoms with E-state index in [1.807, 2.05) is 24.3 Å². The SMILES string of the molecule is CN(C)[C@@H]1C(=O)C(C(N)=O)C(=O)[C@@]2(O)C(=O)C3C(=O)c4c(cc5ccc(CN6CCCC6)cc5c4O)C[C@H]3C[C@@H]12. The van der Waals surface area contributed by atoms with Crippen molar-refractivity contribution in [2.24, 2.45) is 29.4 Å². The molecule has 10 nitrogen and oxygen atoms in total. The highest BCUT2D eigenvalue weighted by atomic mass is 16.3.